The van der Waals surface area contributed by atoms with Crippen LogP contribution in [0.25, 0.3) is 11.3 Å². The molecule has 3 rings (SSSR count). The summed E-state index contributed by atoms with van der Waals surface area (Å²) in [6, 6.07) is 5.62. The Morgan fingerprint density at radius 2 is 1.83 bits per heavy atom. The molecule has 5 nitrogen and oxygen atoms in total. The molecule has 1 heterocycles. The van der Waals surface area contributed by atoms with Crippen LogP contribution in [-0.2, 0) is 13.5 Å². The number of Topliss-reactive ketones (excluding diaryl/α,β-unsaturated/α-hetero) is 1. The van der Waals surface area contributed by atoms with Crippen molar-refractivity contribution in [1.29, 1.82) is 0 Å². The lowest BCUT2D eigenvalue weighted by Crippen LogP contribution is -2.27. The number of benzene rings is 1. The molecule has 0 aliphatic heterocycles. The number of hydrogen-bond donors (Lipinski definition) is 0. The van der Waals surface area contributed by atoms with E-state index in [1.165, 1.54) is 0 Å². The Labute approximate surface area is 136 Å². The maximum Gasteiger partial charge on any atom is 0.167 e. The molecular weight excluding hydrogens is 292 g/mol. The Bertz CT molecular complexity index is 775. The highest BCUT2D eigenvalue weighted by molar-refractivity contribution is 6.04. The van der Waals surface area contributed by atoms with Gasteiger partial charge < -0.3 is 9.47 Å². The van der Waals surface area contributed by atoms with Crippen LogP contribution in [0.2, 0.25) is 0 Å². The molecule has 0 saturated heterocycles. The Morgan fingerprint density at radius 3 is 2.48 bits per heavy atom. The molecule has 0 spiro atoms. The number of ether oxygens (including phenoxy) is 2. The number of aromatic nitrogens is 2. The lowest BCUT2D eigenvalue weighted by atomic mass is 9.75. The molecule has 2 aromatic rings. The smallest absolute Gasteiger partial charge is 0.167 e. The van der Waals surface area contributed by atoms with Crippen LogP contribution in [0.4, 0.5) is 0 Å². The fraction of sp³-hybridized carbons (Fsp3) is 0.444. The van der Waals surface area contributed by atoms with Crippen molar-refractivity contribution in [3.8, 4) is 22.8 Å². The molecular formula is C18H22N2O3. The molecule has 1 aromatic heterocycles. The number of methoxy groups -OCH3 is 2. The van der Waals surface area contributed by atoms with Gasteiger partial charge >= 0.3 is 0 Å². The van der Waals surface area contributed by atoms with Gasteiger partial charge in [0.15, 0.2) is 17.3 Å². The third-order valence-electron chi connectivity index (χ3n) is 4.39. The van der Waals surface area contributed by atoms with Gasteiger partial charge in [0.05, 0.1) is 25.5 Å². The molecule has 1 aromatic carbocycles. The summed E-state index contributed by atoms with van der Waals surface area (Å²) in [6.45, 7) is 4.24. The van der Waals surface area contributed by atoms with E-state index < -0.39 is 0 Å². The minimum Gasteiger partial charge on any atom is -0.493 e. The van der Waals surface area contributed by atoms with E-state index in [1.54, 1.807) is 14.2 Å². The van der Waals surface area contributed by atoms with E-state index in [0.717, 1.165) is 28.9 Å². The number of nitrogens with zero attached hydrogens (tertiary/aromatic N) is 2. The van der Waals surface area contributed by atoms with Gasteiger partial charge in [0.25, 0.3) is 0 Å². The molecule has 0 bridgehead atoms. The number of ketones is 1. The van der Waals surface area contributed by atoms with Gasteiger partial charge in [-0.3, -0.25) is 9.48 Å². The van der Waals surface area contributed by atoms with Gasteiger partial charge in [0.1, 0.15) is 5.69 Å². The van der Waals surface area contributed by atoms with Crippen LogP contribution in [-0.4, -0.2) is 29.8 Å². The van der Waals surface area contributed by atoms with Crippen molar-refractivity contribution in [1.82, 2.24) is 9.78 Å². The van der Waals surface area contributed by atoms with E-state index in [9.17, 15) is 4.79 Å². The molecule has 1 aliphatic carbocycles. The zero-order valence-corrected chi connectivity index (χ0v) is 14.3. The predicted octanol–water partition coefficient (Wildman–Crippen LogP) is 3.26. The second-order valence-electron chi connectivity index (χ2n) is 6.80. The van der Waals surface area contributed by atoms with E-state index in [2.05, 4.69) is 18.9 Å². The zero-order chi connectivity index (χ0) is 16.8. The second-order valence-corrected chi connectivity index (χ2v) is 6.80. The second kappa shape index (κ2) is 5.41. The van der Waals surface area contributed by atoms with Gasteiger partial charge in [-0.1, -0.05) is 13.8 Å². The third kappa shape index (κ3) is 2.60. The highest BCUT2D eigenvalue weighted by Crippen LogP contribution is 2.40. The summed E-state index contributed by atoms with van der Waals surface area (Å²) in [7, 11) is 5.10. The lowest BCUT2D eigenvalue weighted by molar-refractivity contribution is 0.0911. The van der Waals surface area contributed by atoms with Crippen molar-refractivity contribution >= 4 is 5.78 Å². The van der Waals surface area contributed by atoms with Gasteiger partial charge in [-0.25, -0.2) is 0 Å². The summed E-state index contributed by atoms with van der Waals surface area (Å²) in [5.41, 5.74) is 3.33. The molecule has 0 atom stereocenters. The zero-order valence-electron chi connectivity index (χ0n) is 14.3. The predicted molar refractivity (Wildman–Crippen MR) is 88.2 cm³/mol. The van der Waals surface area contributed by atoms with Gasteiger partial charge in [-0.15, -0.1) is 0 Å². The first kappa shape index (κ1) is 15.6. The molecule has 0 amide bonds. The summed E-state index contributed by atoms with van der Waals surface area (Å²) in [4.78, 5) is 12.7. The van der Waals surface area contributed by atoms with E-state index in [1.807, 2.05) is 29.9 Å². The van der Waals surface area contributed by atoms with Gasteiger partial charge in [-0.2, -0.15) is 5.10 Å². The normalized spacial score (nSPS) is 16.1. The Balaban J connectivity index is 2.15. The summed E-state index contributed by atoms with van der Waals surface area (Å²) < 4.78 is 12.5. The number of rotatable bonds is 3. The highest BCUT2D eigenvalue weighted by Gasteiger charge is 2.36. The highest BCUT2D eigenvalue weighted by atomic mass is 16.5. The Hall–Kier alpha value is -2.30. The molecule has 0 fully saturated rings. The fourth-order valence-corrected chi connectivity index (χ4v) is 3.28. The molecule has 0 saturated carbocycles. The first-order chi connectivity index (χ1) is 10.9. The SMILES string of the molecule is COc1ccc(-c2nn(C)c3c2C(=O)CC(C)(C)C3)cc1OC. The number of aryl methyl sites for hydroxylation is 1. The first-order valence-corrected chi connectivity index (χ1v) is 7.68. The van der Waals surface area contributed by atoms with Crippen molar-refractivity contribution in [2.45, 2.75) is 26.7 Å². The van der Waals surface area contributed by atoms with E-state index in [-0.39, 0.29) is 11.2 Å². The van der Waals surface area contributed by atoms with E-state index in [4.69, 9.17) is 9.47 Å². The summed E-state index contributed by atoms with van der Waals surface area (Å²) >= 11 is 0. The van der Waals surface area contributed by atoms with Crippen molar-refractivity contribution in [3.05, 3.63) is 29.5 Å². The third-order valence-corrected chi connectivity index (χ3v) is 4.39. The minimum atomic E-state index is -0.0211. The van der Waals surface area contributed by atoms with Crippen LogP contribution >= 0.6 is 0 Å². The number of hydrogen-bond acceptors (Lipinski definition) is 4. The standard InChI is InChI=1S/C18H22N2O3/c1-18(2)9-12-16(13(21)10-18)17(19-20(12)3)11-6-7-14(22-4)15(8-11)23-5/h6-8H,9-10H2,1-5H3. The number of fused-ring (bicyclic) bond motifs is 1. The van der Waals surface area contributed by atoms with Crippen LogP contribution in [0.1, 0.15) is 36.3 Å². The van der Waals surface area contributed by atoms with Gasteiger partial charge in [0, 0.05) is 19.0 Å². The van der Waals surface area contributed by atoms with Crippen LogP contribution in [0.3, 0.4) is 0 Å². The van der Waals surface area contributed by atoms with Crippen LogP contribution in [0, 0.1) is 5.41 Å². The topological polar surface area (TPSA) is 53.4 Å². The van der Waals surface area contributed by atoms with Crippen molar-refractivity contribution in [2.24, 2.45) is 12.5 Å². The number of carbonyl (C=O) groups excluding carboxylic acids is 1. The maximum absolute atomic E-state index is 12.7. The van der Waals surface area contributed by atoms with Crippen molar-refractivity contribution in [2.75, 3.05) is 14.2 Å². The molecule has 122 valence electrons. The monoisotopic (exact) mass is 314 g/mol. The molecule has 23 heavy (non-hydrogen) atoms. The Morgan fingerprint density at radius 1 is 1.13 bits per heavy atom. The van der Waals surface area contributed by atoms with Crippen LogP contribution < -0.4 is 9.47 Å². The molecule has 1 aliphatic rings. The van der Waals surface area contributed by atoms with Crippen LogP contribution in [0.15, 0.2) is 18.2 Å². The summed E-state index contributed by atoms with van der Waals surface area (Å²) in [5.74, 6) is 1.45. The molecule has 0 N–H and O–H groups in total. The number of carbonyl (C=O) groups is 1. The summed E-state index contributed by atoms with van der Waals surface area (Å²) in [6.07, 6.45) is 1.40. The Kier molecular flexibility index (Phi) is 3.66. The molecule has 0 radical (unpaired) electrons. The maximum atomic E-state index is 12.7. The molecule has 0 unspecified atom stereocenters. The van der Waals surface area contributed by atoms with Gasteiger partial charge in [-0.05, 0) is 30.0 Å². The quantitative estimate of drug-likeness (QED) is 0.872. The van der Waals surface area contributed by atoms with Gasteiger partial charge in [0.2, 0.25) is 0 Å². The minimum absolute atomic E-state index is 0.0211. The van der Waals surface area contributed by atoms with Crippen molar-refractivity contribution < 1.29 is 14.3 Å². The summed E-state index contributed by atoms with van der Waals surface area (Å²) in [5, 5.41) is 4.61. The van der Waals surface area contributed by atoms with E-state index >= 15 is 0 Å². The molecule has 5 heteroatoms. The fourth-order valence-electron chi connectivity index (χ4n) is 3.28. The lowest BCUT2D eigenvalue weighted by Gasteiger charge is -2.28. The average molecular weight is 314 g/mol. The van der Waals surface area contributed by atoms with Crippen molar-refractivity contribution in [3.63, 3.8) is 0 Å². The van der Waals surface area contributed by atoms with Crippen LogP contribution in [0.5, 0.6) is 11.5 Å². The first-order valence-electron chi connectivity index (χ1n) is 7.68. The van der Waals surface area contributed by atoms with E-state index in [0.29, 0.717) is 17.9 Å². The largest absolute Gasteiger partial charge is 0.493 e. The average Bonchev–Trinajstić information content (AvgIpc) is 2.82.